The molecule has 0 aliphatic rings. The fourth-order valence-electron chi connectivity index (χ4n) is 0. The summed E-state index contributed by atoms with van der Waals surface area (Å²) in [4.78, 5) is 0. The number of rotatable bonds is 0. The quantitative estimate of drug-likeness (QED) is 0.118. The van der Waals surface area contributed by atoms with Gasteiger partial charge in [0.1, 0.15) is 0 Å². The molecule has 0 unspecified atom stereocenters. The van der Waals surface area contributed by atoms with Crippen LogP contribution in [0.2, 0.25) is 0 Å². The summed E-state index contributed by atoms with van der Waals surface area (Å²) >= 11 is 0. The van der Waals surface area contributed by atoms with Crippen LogP contribution in [0.5, 0.6) is 0 Å². The molecule has 0 nitrogen and oxygen atoms in total. The van der Waals surface area contributed by atoms with Crippen molar-refractivity contribution in [1.82, 2.24) is 0 Å². The summed E-state index contributed by atoms with van der Waals surface area (Å²) in [6.07, 6.45) is 0. The van der Waals surface area contributed by atoms with Crippen molar-refractivity contribution in [2.24, 2.45) is 0 Å². The normalized spacial score (nSPS) is 0. The van der Waals surface area contributed by atoms with Gasteiger partial charge in [0, 0.05) is 119 Å². The van der Waals surface area contributed by atoms with Crippen LogP contribution in [-0.2, 0) is 258 Å². The molecule has 142 valence electrons. The van der Waals surface area contributed by atoms with Crippen molar-refractivity contribution < 1.29 is 137 Å². The van der Waals surface area contributed by atoms with E-state index in [-0.39, 0.29) is 265 Å². The Morgan fingerprint density at radius 3 is 0.222 bits per heavy atom. The van der Waals surface area contributed by atoms with Gasteiger partial charge in [-0.1, -0.05) is 0 Å². The van der Waals surface area contributed by atoms with E-state index < -0.39 is 0 Å². The van der Waals surface area contributed by atoms with E-state index in [4.69, 9.17) is 0 Å². The molecule has 0 aliphatic heterocycles. The van der Waals surface area contributed by atoms with Crippen LogP contribution in [-0.4, -0.2) is 0 Å². The van der Waals surface area contributed by atoms with Crippen molar-refractivity contribution in [3.05, 3.63) is 7.43 Å². The topological polar surface area (TPSA) is 0 Å². The minimum absolute atomic E-state index is 0. The van der Waals surface area contributed by atoms with Gasteiger partial charge >= 0.3 is 17.1 Å². The van der Waals surface area contributed by atoms with Gasteiger partial charge in [0.25, 0.3) is 0 Å². The Morgan fingerprint density at radius 1 is 0.222 bits per heavy atom. The Morgan fingerprint density at radius 2 is 0.222 bits per heavy atom. The van der Waals surface area contributed by atoms with Crippen molar-refractivity contribution in [1.29, 1.82) is 0 Å². The SMILES string of the molecule is [CH3-].[Fe+2].[Fe].[Fe].[Fe].[Fe].[Fe].[Fe].[Fe].[SH-].[SH-].[SH-].[SH-].[SH-].[SH-].[SH-].[SH-].[SH-]. The van der Waals surface area contributed by atoms with E-state index in [0.717, 1.165) is 0 Å². The minimum atomic E-state index is 0. The predicted molar refractivity (Wildman–Crippen MR) is 85.3 cm³/mol. The molecule has 0 bridgehead atoms. The maximum atomic E-state index is 0. The van der Waals surface area contributed by atoms with E-state index in [0.29, 0.717) is 0 Å². The smallest absolute Gasteiger partial charge is 0.813 e. The number of hydrogen-bond acceptors (Lipinski definition) is 9. The predicted octanol–water partition coefficient (Wildman–Crippen LogP) is -2.00. The summed E-state index contributed by atoms with van der Waals surface area (Å²) < 4.78 is 0. The van der Waals surface area contributed by atoms with E-state index in [1.54, 1.807) is 0 Å². The zero-order chi connectivity index (χ0) is 0. The van der Waals surface area contributed by atoms with Crippen molar-refractivity contribution in [2.45, 2.75) is 0 Å². The van der Waals surface area contributed by atoms with Gasteiger partial charge in [-0.2, -0.15) is 0 Å². The van der Waals surface area contributed by atoms with Crippen LogP contribution in [0.4, 0.5) is 0 Å². The standard InChI is InChI=1S/CH3.8Fe.9H2S/h1H3;;;;;;;;;9*1H2/q-1;;;;;;;;+2;;;;;;;;;/p-9. The fraction of sp³-hybridized carbons (Fsp3) is 0. The molecule has 0 aromatic carbocycles. The molecule has 0 heterocycles. The van der Waals surface area contributed by atoms with Gasteiger partial charge < -0.3 is 129 Å². The van der Waals surface area contributed by atoms with Crippen LogP contribution >= 0.6 is 0 Å². The van der Waals surface area contributed by atoms with Crippen molar-refractivity contribution in [3.8, 4) is 0 Å². The molecule has 0 atom stereocenters. The molecule has 0 N–H and O–H groups in total. The molecule has 0 spiro atoms. The zero-order valence-electron chi connectivity index (χ0n) is 7.85. The number of thiol groups is 9. The molecule has 0 aromatic heterocycles. The van der Waals surface area contributed by atoms with Crippen LogP contribution in [0.25, 0.3) is 0 Å². The summed E-state index contributed by atoms with van der Waals surface area (Å²) in [7, 11) is 0. The third-order valence-electron chi connectivity index (χ3n) is 0. The number of hydrogen-bond donors (Lipinski definition) is 0. The second-order valence-corrected chi connectivity index (χ2v) is 0. The molecule has 18 heavy (non-hydrogen) atoms. The van der Waals surface area contributed by atoms with Crippen LogP contribution < -0.4 is 0 Å². The van der Waals surface area contributed by atoms with Crippen LogP contribution in [0, 0.1) is 7.43 Å². The largest absolute Gasteiger partial charge is 2.00 e. The van der Waals surface area contributed by atoms with Gasteiger partial charge in [-0.3, -0.25) is 0 Å². The van der Waals surface area contributed by atoms with Crippen molar-refractivity contribution in [2.75, 3.05) is 0 Å². The maximum absolute atomic E-state index is 0. The Bertz CT molecular complexity index is 22.5. The molecule has 0 amide bonds. The first-order valence-electron chi connectivity index (χ1n) is 0. The summed E-state index contributed by atoms with van der Waals surface area (Å²) in [5.41, 5.74) is 0. The van der Waals surface area contributed by atoms with E-state index in [1.165, 1.54) is 0 Å². The molecule has 17 heteroatoms. The average Bonchev–Trinajstić information content (AvgIpc) is 0. The van der Waals surface area contributed by atoms with E-state index >= 15 is 0 Å². The van der Waals surface area contributed by atoms with E-state index in [1.807, 2.05) is 0 Å². The van der Waals surface area contributed by atoms with Gasteiger partial charge in [0.15, 0.2) is 0 Å². The van der Waals surface area contributed by atoms with Gasteiger partial charge in [-0.25, -0.2) is 0 Å². The molecule has 0 rings (SSSR count). The summed E-state index contributed by atoms with van der Waals surface area (Å²) in [6, 6.07) is 0. The Balaban J connectivity index is 0. The second-order valence-electron chi connectivity index (χ2n) is 0. The van der Waals surface area contributed by atoms with E-state index in [2.05, 4.69) is 0 Å². The summed E-state index contributed by atoms with van der Waals surface area (Å²) in [5.74, 6) is 0. The molecule has 0 radical (unpaired) electrons. The molecule has 0 aliphatic carbocycles. The first-order chi connectivity index (χ1) is 0. The second kappa shape index (κ2) is 247. The molecular weight excluding hydrogens is 747 g/mol. The Kier molecular flexibility index (Phi) is 3850. The van der Waals surface area contributed by atoms with Crippen LogP contribution in [0.3, 0.4) is 0 Å². The Hall–Kier alpha value is 7.31. The van der Waals surface area contributed by atoms with Gasteiger partial charge in [-0.15, -0.1) is 0 Å². The molecular formula is CH12Fe8S9-8. The average molecular weight is 759 g/mol. The fourth-order valence-corrected chi connectivity index (χ4v) is 0. The van der Waals surface area contributed by atoms with Crippen LogP contribution in [0.1, 0.15) is 0 Å². The first-order valence-corrected chi connectivity index (χ1v) is 0. The van der Waals surface area contributed by atoms with Gasteiger partial charge in [-0.05, 0) is 0 Å². The molecule has 0 fully saturated rings. The minimum Gasteiger partial charge on any atom is -0.813 e. The zero-order valence-corrected chi connectivity index (χ0v) is 24.7. The summed E-state index contributed by atoms with van der Waals surface area (Å²) in [5, 5.41) is 0. The van der Waals surface area contributed by atoms with Crippen molar-refractivity contribution in [3.63, 3.8) is 0 Å². The Labute approximate surface area is 260 Å². The molecule has 0 aromatic rings. The third-order valence-corrected chi connectivity index (χ3v) is 0. The third kappa shape index (κ3) is 217. The van der Waals surface area contributed by atoms with Crippen molar-refractivity contribution >= 4 is 121 Å². The first kappa shape index (κ1) is 280. The van der Waals surface area contributed by atoms with Gasteiger partial charge in [0.2, 0.25) is 0 Å². The monoisotopic (exact) mass is 759 g/mol. The van der Waals surface area contributed by atoms with Crippen LogP contribution in [0.15, 0.2) is 0 Å². The summed E-state index contributed by atoms with van der Waals surface area (Å²) in [6.45, 7) is 0. The van der Waals surface area contributed by atoms with E-state index in [9.17, 15) is 0 Å². The molecule has 0 saturated heterocycles. The maximum Gasteiger partial charge on any atom is 2.00 e. The van der Waals surface area contributed by atoms with Gasteiger partial charge in [0.05, 0.1) is 0 Å². The molecule has 0 saturated carbocycles.